The van der Waals surface area contributed by atoms with Crippen LogP contribution < -0.4 is 0 Å². The summed E-state index contributed by atoms with van der Waals surface area (Å²) < 4.78 is 28.8. The van der Waals surface area contributed by atoms with Crippen LogP contribution in [-0.4, -0.2) is 59.9 Å². The van der Waals surface area contributed by atoms with E-state index in [-0.39, 0.29) is 30.1 Å². The van der Waals surface area contributed by atoms with Crippen molar-refractivity contribution in [3.8, 4) is 12.1 Å². The van der Waals surface area contributed by atoms with Crippen LogP contribution in [0.4, 0.5) is 0 Å². The van der Waals surface area contributed by atoms with E-state index in [2.05, 4.69) is 83.8 Å². The maximum Gasteiger partial charge on any atom is 0.259 e. The van der Waals surface area contributed by atoms with E-state index in [0.29, 0.717) is 39.3 Å². The van der Waals surface area contributed by atoms with Crippen LogP contribution in [0.15, 0.2) is 0 Å². The monoisotopic (exact) mass is 490 g/mol. The molecule has 0 N–H and O–H groups in total. The van der Waals surface area contributed by atoms with Crippen LogP contribution in [0.1, 0.15) is 75.2 Å². The van der Waals surface area contributed by atoms with Gasteiger partial charge in [-0.25, -0.2) is 9.34 Å². The Morgan fingerprint density at radius 1 is 0.594 bits per heavy atom. The first kappa shape index (κ1) is 31.6. The first-order valence-corrected chi connectivity index (χ1v) is 13.7. The van der Waals surface area contributed by atoms with Crippen molar-refractivity contribution in [2.45, 2.75) is 99.3 Å². The first-order chi connectivity index (χ1) is 15.1. The SMILES string of the molecule is CC(COP(OCCC#N)N(C(C)C)C(C)C)COP(OCCC#N)N(C(C)C)C(C)C. The summed E-state index contributed by atoms with van der Waals surface area (Å²) in [5.74, 6) is 0.131. The molecule has 0 rings (SSSR count). The van der Waals surface area contributed by atoms with Crippen LogP contribution in [0.5, 0.6) is 0 Å². The zero-order chi connectivity index (χ0) is 24.7. The maximum atomic E-state index is 8.85. The molecule has 0 bridgehead atoms. The average molecular weight is 491 g/mol. The van der Waals surface area contributed by atoms with E-state index in [4.69, 9.17) is 28.6 Å². The van der Waals surface area contributed by atoms with Crippen LogP contribution in [-0.2, 0) is 18.1 Å². The molecule has 0 fully saturated rings. The topological polar surface area (TPSA) is 91.0 Å². The summed E-state index contributed by atoms with van der Waals surface area (Å²) in [4.78, 5) is 0. The second-order valence-corrected chi connectivity index (χ2v) is 11.7. The van der Waals surface area contributed by atoms with Gasteiger partial charge in [-0.1, -0.05) is 6.92 Å². The molecule has 0 aliphatic heterocycles. The van der Waals surface area contributed by atoms with Gasteiger partial charge in [-0.15, -0.1) is 0 Å². The quantitative estimate of drug-likeness (QED) is 0.165. The van der Waals surface area contributed by atoms with Gasteiger partial charge >= 0.3 is 0 Å². The zero-order valence-electron chi connectivity index (χ0n) is 21.4. The lowest BCUT2D eigenvalue weighted by Gasteiger charge is -2.37. The second kappa shape index (κ2) is 18.0. The molecule has 0 aromatic rings. The Hall–Kier alpha value is -0.400. The van der Waals surface area contributed by atoms with E-state index in [1.54, 1.807) is 0 Å². The average Bonchev–Trinajstić information content (AvgIpc) is 2.68. The van der Waals surface area contributed by atoms with Gasteiger partial charge in [0.05, 0.1) is 51.4 Å². The maximum absolute atomic E-state index is 8.85. The summed E-state index contributed by atoms with van der Waals surface area (Å²) in [6.07, 6.45) is 0.685. The van der Waals surface area contributed by atoms with Crippen molar-refractivity contribution in [2.24, 2.45) is 5.92 Å². The highest BCUT2D eigenvalue weighted by molar-refractivity contribution is 7.44. The molecule has 0 aliphatic carbocycles. The van der Waals surface area contributed by atoms with Crippen LogP contribution in [0, 0.1) is 28.6 Å². The molecule has 0 aromatic heterocycles. The molecule has 0 heterocycles. The van der Waals surface area contributed by atoms with Crippen molar-refractivity contribution < 1.29 is 18.1 Å². The summed E-state index contributed by atoms with van der Waals surface area (Å²) in [7, 11) is -2.53. The Labute approximate surface area is 199 Å². The van der Waals surface area contributed by atoms with Crippen LogP contribution in [0.3, 0.4) is 0 Å². The van der Waals surface area contributed by atoms with E-state index in [0.717, 1.165) is 0 Å². The molecule has 186 valence electrons. The molecular weight excluding hydrogens is 446 g/mol. The van der Waals surface area contributed by atoms with Gasteiger partial charge in [-0.3, -0.25) is 0 Å². The normalized spacial score (nSPS) is 15.0. The van der Waals surface area contributed by atoms with E-state index in [9.17, 15) is 0 Å². The number of nitriles is 2. The number of rotatable bonds is 18. The van der Waals surface area contributed by atoms with Crippen LogP contribution in [0.25, 0.3) is 0 Å². The van der Waals surface area contributed by atoms with Gasteiger partial charge in [0, 0.05) is 30.1 Å². The molecule has 0 saturated heterocycles. The van der Waals surface area contributed by atoms with Crippen molar-refractivity contribution in [3.63, 3.8) is 0 Å². The number of nitrogens with zero attached hydrogens (tertiary/aromatic N) is 4. The van der Waals surface area contributed by atoms with Crippen LogP contribution in [0.2, 0.25) is 0 Å². The third-order valence-electron chi connectivity index (χ3n) is 4.26. The smallest absolute Gasteiger partial charge is 0.259 e. The van der Waals surface area contributed by atoms with Gasteiger partial charge in [-0.05, 0) is 55.4 Å². The van der Waals surface area contributed by atoms with Crippen molar-refractivity contribution in [1.29, 1.82) is 10.5 Å². The number of hydrogen-bond donors (Lipinski definition) is 0. The standard InChI is InChI=1S/C22H44N4O4P2/c1-18(2)25(19(3)4)31(27-14-10-12-23)29-16-22(9)17-30-32(28-15-11-13-24)26(20(5)6)21(7)8/h18-22H,10-11,14-17H2,1-9H3. The summed E-state index contributed by atoms with van der Waals surface area (Å²) in [5, 5.41) is 17.7. The Morgan fingerprint density at radius 2 is 0.906 bits per heavy atom. The highest BCUT2D eigenvalue weighted by atomic mass is 31.2. The lowest BCUT2D eigenvalue weighted by atomic mass is 10.2. The Morgan fingerprint density at radius 3 is 1.16 bits per heavy atom. The van der Waals surface area contributed by atoms with Gasteiger partial charge in [0.15, 0.2) is 0 Å². The molecule has 0 aromatic carbocycles. The van der Waals surface area contributed by atoms with Gasteiger partial charge in [0.1, 0.15) is 0 Å². The predicted octanol–water partition coefficient (Wildman–Crippen LogP) is 6.21. The first-order valence-electron chi connectivity index (χ1n) is 11.5. The molecule has 0 aliphatic rings. The van der Waals surface area contributed by atoms with Crippen molar-refractivity contribution in [3.05, 3.63) is 0 Å². The van der Waals surface area contributed by atoms with Crippen LogP contribution >= 0.6 is 17.1 Å². The Bertz CT molecular complexity index is 503. The van der Waals surface area contributed by atoms with Gasteiger partial charge in [0.25, 0.3) is 17.1 Å². The van der Waals surface area contributed by atoms with E-state index in [1.807, 2.05) is 0 Å². The van der Waals surface area contributed by atoms with E-state index < -0.39 is 17.1 Å². The zero-order valence-corrected chi connectivity index (χ0v) is 23.2. The molecule has 10 heteroatoms. The molecule has 8 nitrogen and oxygen atoms in total. The minimum absolute atomic E-state index is 0.131. The van der Waals surface area contributed by atoms with Gasteiger partial charge in [-0.2, -0.15) is 10.5 Å². The summed E-state index contributed by atoms with van der Waals surface area (Å²) in [6.45, 7) is 20.7. The summed E-state index contributed by atoms with van der Waals surface area (Å²) in [6, 6.07) is 5.31. The Balaban J connectivity index is 5.03. The fraction of sp³-hybridized carbons (Fsp3) is 0.909. The fourth-order valence-electron chi connectivity index (χ4n) is 3.06. The summed E-state index contributed by atoms with van der Waals surface area (Å²) >= 11 is 0. The molecule has 0 saturated carbocycles. The molecule has 0 amide bonds. The minimum Gasteiger partial charge on any atom is -0.322 e. The summed E-state index contributed by atoms with van der Waals surface area (Å²) in [5.41, 5.74) is 0. The number of hydrogen-bond acceptors (Lipinski definition) is 8. The highest BCUT2D eigenvalue weighted by Crippen LogP contribution is 2.48. The van der Waals surface area contributed by atoms with Crippen molar-refractivity contribution in [2.75, 3.05) is 26.4 Å². The fourth-order valence-corrected chi connectivity index (χ4v) is 6.51. The second-order valence-electron chi connectivity index (χ2n) is 8.79. The van der Waals surface area contributed by atoms with Crippen molar-refractivity contribution in [1.82, 2.24) is 9.34 Å². The molecule has 0 spiro atoms. The molecule has 0 radical (unpaired) electrons. The molecule has 32 heavy (non-hydrogen) atoms. The molecular formula is C22H44N4O4P2. The third-order valence-corrected chi connectivity index (χ3v) is 8.41. The van der Waals surface area contributed by atoms with Gasteiger partial charge in [0.2, 0.25) is 0 Å². The minimum atomic E-state index is -1.26. The molecule has 2 unspecified atom stereocenters. The highest BCUT2D eigenvalue weighted by Gasteiger charge is 2.29. The Kier molecular flexibility index (Phi) is 17.8. The predicted molar refractivity (Wildman–Crippen MR) is 131 cm³/mol. The third kappa shape index (κ3) is 12.7. The largest absolute Gasteiger partial charge is 0.322 e. The lowest BCUT2D eigenvalue weighted by Crippen LogP contribution is -2.34. The van der Waals surface area contributed by atoms with E-state index >= 15 is 0 Å². The van der Waals surface area contributed by atoms with E-state index in [1.165, 1.54) is 0 Å². The van der Waals surface area contributed by atoms with Crippen molar-refractivity contribution >= 4 is 17.1 Å². The molecule has 2 atom stereocenters. The van der Waals surface area contributed by atoms with Gasteiger partial charge < -0.3 is 18.1 Å². The lowest BCUT2D eigenvalue weighted by molar-refractivity contribution is 0.125.